The fraction of sp³-hybridized carbons (Fsp3) is 0.368. The highest BCUT2D eigenvalue weighted by atomic mass is 35.5. The van der Waals surface area contributed by atoms with E-state index in [4.69, 9.17) is 16.3 Å². The molecule has 3 nitrogen and oxygen atoms in total. The second kappa shape index (κ2) is 7.60. The van der Waals surface area contributed by atoms with E-state index >= 15 is 0 Å². The molecule has 23 heavy (non-hydrogen) atoms. The Bertz CT molecular complexity index is 722. The van der Waals surface area contributed by atoms with Crippen LogP contribution in [-0.2, 0) is 20.7 Å². The van der Waals surface area contributed by atoms with Crippen LogP contribution in [0.1, 0.15) is 32.8 Å². The van der Waals surface area contributed by atoms with Crippen molar-refractivity contribution < 1.29 is 14.3 Å². The molecule has 4 heteroatoms. The maximum absolute atomic E-state index is 12.0. The summed E-state index contributed by atoms with van der Waals surface area (Å²) in [6.45, 7) is 4.97. The van der Waals surface area contributed by atoms with E-state index in [1.54, 1.807) is 13.8 Å². The predicted octanol–water partition coefficient (Wildman–Crippen LogP) is 4.58. The summed E-state index contributed by atoms with van der Waals surface area (Å²) in [7, 11) is 0. The van der Waals surface area contributed by atoms with Crippen LogP contribution in [0.15, 0.2) is 36.4 Å². The molecule has 0 spiro atoms. The number of benzene rings is 2. The minimum Gasteiger partial charge on any atom is -0.462 e. The lowest BCUT2D eigenvalue weighted by molar-refractivity contribution is -0.155. The van der Waals surface area contributed by atoms with Gasteiger partial charge in [0.2, 0.25) is 0 Å². The van der Waals surface area contributed by atoms with Crippen molar-refractivity contribution in [3.05, 3.63) is 47.0 Å². The van der Waals surface area contributed by atoms with Gasteiger partial charge in [0.25, 0.3) is 0 Å². The van der Waals surface area contributed by atoms with Crippen LogP contribution in [0.25, 0.3) is 10.8 Å². The first-order valence-corrected chi connectivity index (χ1v) is 8.15. The lowest BCUT2D eigenvalue weighted by atomic mass is 9.95. The topological polar surface area (TPSA) is 43.4 Å². The van der Waals surface area contributed by atoms with Gasteiger partial charge in [0.15, 0.2) is 0 Å². The summed E-state index contributed by atoms with van der Waals surface area (Å²) in [5, 5.41) is 2.74. The number of Topliss-reactive ketones (excluding diaryl/α,β-unsaturated/α-hetero) is 1. The molecule has 0 aliphatic carbocycles. The molecule has 2 rings (SSSR count). The molecule has 0 aromatic heterocycles. The zero-order chi connectivity index (χ0) is 17.0. The van der Waals surface area contributed by atoms with Crippen molar-refractivity contribution in [1.29, 1.82) is 0 Å². The molecule has 0 fully saturated rings. The third kappa shape index (κ3) is 4.32. The minimum atomic E-state index is -0.736. The highest BCUT2D eigenvalue weighted by Gasteiger charge is 2.25. The first kappa shape index (κ1) is 17.5. The molecule has 1 atom stereocenters. The van der Waals surface area contributed by atoms with E-state index in [-0.39, 0.29) is 11.9 Å². The fourth-order valence-electron chi connectivity index (χ4n) is 2.57. The van der Waals surface area contributed by atoms with Gasteiger partial charge in [-0.25, -0.2) is 0 Å². The average molecular weight is 333 g/mol. The number of halogens is 1. The molecule has 122 valence electrons. The largest absolute Gasteiger partial charge is 0.462 e. The molecule has 0 aliphatic heterocycles. The van der Waals surface area contributed by atoms with Crippen LogP contribution in [-0.4, -0.2) is 17.9 Å². The quantitative estimate of drug-likeness (QED) is 0.574. The number of esters is 1. The molecule has 0 saturated heterocycles. The first-order chi connectivity index (χ1) is 10.9. The number of carbonyl (C=O) groups excluding carboxylic acids is 2. The van der Waals surface area contributed by atoms with E-state index < -0.39 is 11.9 Å². The van der Waals surface area contributed by atoms with Gasteiger partial charge in [0, 0.05) is 5.39 Å². The SMILES string of the molecule is CC(=O)C(CCc1ccc2ccccc2c1Cl)C(=O)OC(C)C. The van der Waals surface area contributed by atoms with Crippen LogP contribution in [0.3, 0.4) is 0 Å². The van der Waals surface area contributed by atoms with Gasteiger partial charge in [-0.1, -0.05) is 48.0 Å². The van der Waals surface area contributed by atoms with Crippen molar-refractivity contribution in [3.8, 4) is 0 Å². The highest BCUT2D eigenvalue weighted by Crippen LogP contribution is 2.29. The van der Waals surface area contributed by atoms with Gasteiger partial charge in [-0.2, -0.15) is 0 Å². The van der Waals surface area contributed by atoms with Gasteiger partial charge in [0.05, 0.1) is 11.1 Å². The fourth-order valence-corrected chi connectivity index (χ4v) is 2.90. The van der Waals surface area contributed by atoms with Gasteiger partial charge in [0.1, 0.15) is 11.7 Å². The summed E-state index contributed by atoms with van der Waals surface area (Å²) in [5.41, 5.74) is 0.939. The van der Waals surface area contributed by atoms with Crippen LogP contribution < -0.4 is 0 Å². The first-order valence-electron chi connectivity index (χ1n) is 7.77. The van der Waals surface area contributed by atoms with E-state index in [1.165, 1.54) is 6.92 Å². The number of ketones is 1. The van der Waals surface area contributed by atoms with Gasteiger partial charge < -0.3 is 4.74 Å². The van der Waals surface area contributed by atoms with Crippen molar-refractivity contribution >= 4 is 34.1 Å². The molecule has 0 N–H and O–H groups in total. The number of aryl methyl sites for hydroxylation is 1. The minimum absolute atomic E-state index is 0.174. The van der Waals surface area contributed by atoms with Crippen LogP contribution >= 0.6 is 11.6 Å². The van der Waals surface area contributed by atoms with Crippen molar-refractivity contribution in [2.75, 3.05) is 0 Å². The second-order valence-corrected chi connectivity index (χ2v) is 6.33. The van der Waals surface area contributed by atoms with Crippen LogP contribution in [0.4, 0.5) is 0 Å². The van der Waals surface area contributed by atoms with E-state index in [1.807, 2.05) is 36.4 Å². The lowest BCUT2D eigenvalue weighted by Crippen LogP contribution is -2.27. The number of fused-ring (bicyclic) bond motifs is 1. The Morgan fingerprint density at radius 3 is 2.48 bits per heavy atom. The van der Waals surface area contributed by atoms with Crippen molar-refractivity contribution in [2.24, 2.45) is 5.92 Å². The summed E-state index contributed by atoms with van der Waals surface area (Å²) in [6, 6.07) is 11.8. The normalized spacial score (nSPS) is 12.4. The zero-order valence-electron chi connectivity index (χ0n) is 13.6. The molecule has 0 radical (unpaired) electrons. The summed E-state index contributed by atoms with van der Waals surface area (Å²) >= 11 is 6.47. The monoisotopic (exact) mass is 332 g/mol. The summed E-state index contributed by atoms with van der Waals surface area (Å²) < 4.78 is 5.17. The third-order valence-electron chi connectivity index (χ3n) is 3.77. The molecule has 0 amide bonds. The molecule has 0 heterocycles. The Hall–Kier alpha value is -1.87. The van der Waals surface area contributed by atoms with E-state index in [2.05, 4.69) is 0 Å². The van der Waals surface area contributed by atoms with Gasteiger partial charge in [-0.15, -0.1) is 0 Å². The van der Waals surface area contributed by atoms with Crippen LogP contribution in [0.2, 0.25) is 5.02 Å². The molecule has 2 aromatic rings. The number of ether oxygens (including phenoxy) is 1. The number of rotatable bonds is 6. The third-order valence-corrected chi connectivity index (χ3v) is 4.22. The van der Waals surface area contributed by atoms with Crippen molar-refractivity contribution in [2.45, 2.75) is 39.7 Å². The maximum atomic E-state index is 12.0. The van der Waals surface area contributed by atoms with Crippen LogP contribution in [0, 0.1) is 5.92 Å². The Kier molecular flexibility index (Phi) is 5.78. The molecule has 0 aliphatic rings. The maximum Gasteiger partial charge on any atom is 0.316 e. The van der Waals surface area contributed by atoms with Gasteiger partial charge in [-0.3, -0.25) is 9.59 Å². The number of hydrogen-bond acceptors (Lipinski definition) is 3. The average Bonchev–Trinajstić information content (AvgIpc) is 2.48. The number of hydrogen-bond donors (Lipinski definition) is 0. The molecule has 1 unspecified atom stereocenters. The Balaban J connectivity index is 2.16. The number of carbonyl (C=O) groups is 2. The second-order valence-electron chi connectivity index (χ2n) is 5.95. The van der Waals surface area contributed by atoms with Gasteiger partial charge >= 0.3 is 5.97 Å². The smallest absolute Gasteiger partial charge is 0.316 e. The molecule has 0 bridgehead atoms. The van der Waals surface area contributed by atoms with Crippen LogP contribution in [0.5, 0.6) is 0 Å². The van der Waals surface area contributed by atoms with Gasteiger partial charge in [-0.05, 0) is 44.6 Å². The van der Waals surface area contributed by atoms with Crippen molar-refractivity contribution in [3.63, 3.8) is 0 Å². The van der Waals surface area contributed by atoms with E-state index in [0.29, 0.717) is 17.9 Å². The molecule has 2 aromatic carbocycles. The summed E-state index contributed by atoms with van der Waals surface area (Å²) in [5.74, 6) is -1.36. The van der Waals surface area contributed by atoms with E-state index in [9.17, 15) is 9.59 Å². The van der Waals surface area contributed by atoms with Crippen molar-refractivity contribution in [1.82, 2.24) is 0 Å². The highest BCUT2D eigenvalue weighted by molar-refractivity contribution is 6.36. The summed E-state index contributed by atoms with van der Waals surface area (Å²) in [4.78, 5) is 23.8. The summed E-state index contributed by atoms with van der Waals surface area (Å²) in [6.07, 6.45) is 0.730. The Morgan fingerprint density at radius 1 is 1.13 bits per heavy atom. The Labute approximate surface area is 141 Å². The molecular weight excluding hydrogens is 312 g/mol. The Morgan fingerprint density at radius 2 is 1.83 bits per heavy atom. The lowest BCUT2D eigenvalue weighted by Gasteiger charge is -2.16. The molecular formula is C19H21ClO3. The zero-order valence-corrected chi connectivity index (χ0v) is 14.4. The predicted molar refractivity (Wildman–Crippen MR) is 92.7 cm³/mol. The van der Waals surface area contributed by atoms with E-state index in [0.717, 1.165) is 16.3 Å². The standard InChI is InChI=1S/C19H21ClO3/c1-12(2)23-19(22)16(13(3)21)11-10-15-9-8-14-6-4-5-7-17(14)18(15)20/h4-9,12,16H,10-11H2,1-3H3. The molecule has 0 saturated carbocycles.